The molecule has 0 saturated carbocycles. The summed E-state index contributed by atoms with van der Waals surface area (Å²) in [6.07, 6.45) is 4.81. The number of hydrogen-bond acceptors (Lipinski definition) is 3. The molecule has 2 aromatic heterocycles. The Morgan fingerprint density at radius 2 is 2.18 bits per heavy atom. The Labute approximate surface area is 101 Å². The highest BCUT2D eigenvalue weighted by atomic mass is 16.3. The highest BCUT2D eigenvalue weighted by molar-refractivity contribution is 5.64. The maximum absolute atomic E-state index is 5.16. The number of rotatable bonds is 3. The summed E-state index contributed by atoms with van der Waals surface area (Å²) in [5.74, 6) is 0. The SMILES string of the molecule is Cc1ccc(-c2ccoc2)c(CN2CCC2)n1. The zero-order chi connectivity index (χ0) is 11.7. The van der Waals surface area contributed by atoms with E-state index in [1.54, 1.807) is 12.5 Å². The molecule has 0 radical (unpaired) electrons. The first kappa shape index (κ1) is 10.5. The van der Waals surface area contributed by atoms with Crippen molar-refractivity contribution in [1.29, 1.82) is 0 Å². The molecule has 17 heavy (non-hydrogen) atoms. The molecule has 0 amide bonds. The van der Waals surface area contributed by atoms with Gasteiger partial charge in [-0.25, -0.2) is 0 Å². The number of aromatic nitrogens is 1. The second kappa shape index (κ2) is 4.34. The molecular formula is C14H16N2O. The molecule has 1 aliphatic rings. The second-order valence-corrected chi connectivity index (χ2v) is 4.59. The van der Waals surface area contributed by atoms with Gasteiger partial charge in [-0.2, -0.15) is 0 Å². The van der Waals surface area contributed by atoms with Crippen LogP contribution in [0, 0.1) is 6.92 Å². The van der Waals surface area contributed by atoms with E-state index >= 15 is 0 Å². The summed E-state index contributed by atoms with van der Waals surface area (Å²) in [6, 6.07) is 6.19. The Morgan fingerprint density at radius 1 is 1.29 bits per heavy atom. The van der Waals surface area contributed by atoms with Crippen molar-refractivity contribution in [1.82, 2.24) is 9.88 Å². The predicted octanol–water partition coefficient (Wildman–Crippen LogP) is 2.86. The number of pyridine rings is 1. The molecule has 3 heterocycles. The van der Waals surface area contributed by atoms with Crippen molar-refractivity contribution in [3.05, 3.63) is 42.1 Å². The van der Waals surface area contributed by atoms with Crippen LogP contribution < -0.4 is 0 Å². The summed E-state index contributed by atoms with van der Waals surface area (Å²) >= 11 is 0. The van der Waals surface area contributed by atoms with Gasteiger partial charge in [-0.05, 0) is 38.6 Å². The molecule has 0 aromatic carbocycles. The van der Waals surface area contributed by atoms with Gasteiger partial charge in [0.15, 0.2) is 0 Å². The Kier molecular flexibility index (Phi) is 2.69. The smallest absolute Gasteiger partial charge is 0.0981 e. The van der Waals surface area contributed by atoms with Crippen LogP contribution in [0.25, 0.3) is 11.1 Å². The minimum Gasteiger partial charge on any atom is -0.472 e. The average Bonchev–Trinajstić information content (AvgIpc) is 2.77. The third-order valence-corrected chi connectivity index (χ3v) is 3.27. The Bertz CT molecular complexity index is 501. The molecule has 2 aromatic rings. The van der Waals surface area contributed by atoms with Crippen molar-refractivity contribution in [2.24, 2.45) is 0 Å². The number of aryl methyl sites for hydroxylation is 1. The number of nitrogens with zero attached hydrogens (tertiary/aromatic N) is 2. The largest absolute Gasteiger partial charge is 0.472 e. The van der Waals surface area contributed by atoms with Crippen molar-refractivity contribution in [3.63, 3.8) is 0 Å². The van der Waals surface area contributed by atoms with Crippen LogP contribution >= 0.6 is 0 Å². The third kappa shape index (κ3) is 2.11. The van der Waals surface area contributed by atoms with E-state index in [0.29, 0.717) is 0 Å². The van der Waals surface area contributed by atoms with Gasteiger partial charge in [0.2, 0.25) is 0 Å². The molecule has 0 bridgehead atoms. The molecule has 3 rings (SSSR count). The van der Waals surface area contributed by atoms with Crippen LogP contribution in [0.2, 0.25) is 0 Å². The molecule has 0 atom stereocenters. The van der Waals surface area contributed by atoms with Crippen LogP contribution in [-0.2, 0) is 6.54 Å². The summed E-state index contributed by atoms with van der Waals surface area (Å²) in [5.41, 5.74) is 4.54. The lowest BCUT2D eigenvalue weighted by Crippen LogP contribution is -2.36. The van der Waals surface area contributed by atoms with E-state index in [2.05, 4.69) is 22.0 Å². The molecule has 0 spiro atoms. The van der Waals surface area contributed by atoms with E-state index in [1.807, 2.05) is 13.0 Å². The summed E-state index contributed by atoms with van der Waals surface area (Å²) in [4.78, 5) is 7.09. The molecule has 0 N–H and O–H groups in total. The van der Waals surface area contributed by atoms with E-state index in [-0.39, 0.29) is 0 Å². The van der Waals surface area contributed by atoms with E-state index in [0.717, 1.165) is 23.5 Å². The van der Waals surface area contributed by atoms with Crippen molar-refractivity contribution in [2.75, 3.05) is 13.1 Å². The van der Waals surface area contributed by atoms with Crippen molar-refractivity contribution < 1.29 is 4.42 Å². The van der Waals surface area contributed by atoms with Crippen molar-refractivity contribution in [3.8, 4) is 11.1 Å². The topological polar surface area (TPSA) is 29.3 Å². The standard InChI is InChI=1S/C14H16N2O/c1-11-3-4-13(12-5-8-17-10-12)14(15-11)9-16-6-2-7-16/h3-5,8,10H,2,6-7,9H2,1H3. The van der Waals surface area contributed by atoms with Gasteiger partial charge in [-0.15, -0.1) is 0 Å². The monoisotopic (exact) mass is 228 g/mol. The predicted molar refractivity (Wildman–Crippen MR) is 66.6 cm³/mol. The molecule has 1 saturated heterocycles. The fraction of sp³-hybridized carbons (Fsp3) is 0.357. The first-order valence-electron chi connectivity index (χ1n) is 6.04. The Morgan fingerprint density at radius 3 is 2.82 bits per heavy atom. The average molecular weight is 228 g/mol. The van der Waals surface area contributed by atoms with Crippen molar-refractivity contribution >= 4 is 0 Å². The second-order valence-electron chi connectivity index (χ2n) is 4.59. The fourth-order valence-corrected chi connectivity index (χ4v) is 2.16. The Balaban J connectivity index is 1.95. The molecule has 88 valence electrons. The van der Waals surface area contributed by atoms with Crippen molar-refractivity contribution in [2.45, 2.75) is 19.9 Å². The lowest BCUT2D eigenvalue weighted by Gasteiger charge is -2.30. The van der Waals surface area contributed by atoms with Gasteiger partial charge in [0.05, 0.1) is 18.2 Å². The molecule has 1 fully saturated rings. The fourth-order valence-electron chi connectivity index (χ4n) is 2.16. The summed E-state index contributed by atoms with van der Waals surface area (Å²) < 4.78 is 5.16. The lowest BCUT2D eigenvalue weighted by molar-refractivity contribution is 0.170. The highest BCUT2D eigenvalue weighted by Crippen LogP contribution is 2.25. The zero-order valence-electron chi connectivity index (χ0n) is 10.0. The molecule has 1 aliphatic heterocycles. The first-order chi connectivity index (χ1) is 8.33. The van der Waals surface area contributed by atoms with Crippen LogP contribution in [0.4, 0.5) is 0 Å². The van der Waals surface area contributed by atoms with E-state index in [9.17, 15) is 0 Å². The highest BCUT2D eigenvalue weighted by Gasteiger charge is 2.17. The zero-order valence-corrected chi connectivity index (χ0v) is 10.0. The third-order valence-electron chi connectivity index (χ3n) is 3.27. The van der Waals surface area contributed by atoms with Crippen LogP contribution in [0.3, 0.4) is 0 Å². The minimum absolute atomic E-state index is 0.947. The molecule has 0 unspecified atom stereocenters. The van der Waals surface area contributed by atoms with Gasteiger partial charge in [-0.1, -0.05) is 6.07 Å². The van der Waals surface area contributed by atoms with Crippen LogP contribution in [0.15, 0.2) is 35.1 Å². The van der Waals surface area contributed by atoms with Gasteiger partial charge >= 0.3 is 0 Å². The van der Waals surface area contributed by atoms with Crippen LogP contribution in [0.5, 0.6) is 0 Å². The van der Waals surface area contributed by atoms with Gasteiger partial charge in [0.1, 0.15) is 0 Å². The number of likely N-dealkylation sites (tertiary alicyclic amines) is 1. The van der Waals surface area contributed by atoms with Gasteiger partial charge in [0, 0.05) is 23.4 Å². The van der Waals surface area contributed by atoms with Gasteiger partial charge in [-0.3, -0.25) is 9.88 Å². The van der Waals surface area contributed by atoms with Crippen LogP contribution in [0.1, 0.15) is 17.8 Å². The van der Waals surface area contributed by atoms with Gasteiger partial charge in [0.25, 0.3) is 0 Å². The maximum atomic E-state index is 5.16. The summed E-state index contributed by atoms with van der Waals surface area (Å²) in [6.45, 7) is 5.38. The normalized spacial score (nSPS) is 15.8. The minimum atomic E-state index is 0.947. The quantitative estimate of drug-likeness (QED) is 0.809. The summed E-state index contributed by atoms with van der Waals surface area (Å²) in [7, 11) is 0. The van der Waals surface area contributed by atoms with E-state index in [4.69, 9.17) is 4.42 Å². The van der Waals surface area contributed by atoms with Crippen LogP contribution in [-0.4, -0.2) is 23.0 Å². The van der Waals surface area contributed by atoms with E-state index < -0.39 is 0 Å². The number of hydrogen-bond donors (Lipinski definition) is 0. The van der Waals surface area contributed by atoms with E-state index in [1.165, 1.54) is 25.1 Å². The Hall–Kier alpha value is -1.61. The molecule has 3 heteroatoms. The molecule has 3 nitrogen and oxygen atoms in total. The number of furan rings is 1. The molecular weight excluding hydrogens is 212 g/mol. The lowest BCUT2D eigenvalue weighted by atomic mass is 10.1. The maximum Gasteiger partial charge on any atom is 0.0981 e. The first-order valence-corrected chi connectivity index (χ1v) is 6.04. The summed E-state index contributed by atoms with van der Waals surface area (Å²) in [5, 5.41) is 0. The van der Waals surface area contributed by atoms with Gasteiger partial charge < -0.3 is 4.42 Å². The molecule has 0 aliphatic carbocycles.